The summed E-state index contributed by atoms with van der Waals surface area (Å²) < 4.78 is 2.26. The van der Waals surface area contributed by atoms with Gasteiger partial charge in [-0.05, 0) is 39.2 Å². The minimum absolute atomic E-state index is 0.0225. The van der Waals surface area contributed by atoms with E-state index in [1.54, 1.807) is 0 Å². The lowest BCUT2D eigenvalue weighted by Crippen LogP contribution is -2.26. The lowest BCUT2D eigenvalue weighted by atomic mass is 10.1. The molecule has 2 aromatic rings. The van der Waals surface area contributed by atoms with Crippen LogP contribution in [0.25, 0.3) is 0 Å². The summed E-state index contributed by atoms with van der Waals surface area (Å²) in [6.45, 7) is 6.59. The van der Waals surface area contributed by atoms with Crippen molar-refractivity contribution in [2.45, 2.75) is 50.9 Å². The van der Waals surface area contributed by atoms with Gasteiger partial charge in [0.05, 0.1) is 5.33 Å². The summed E-state index contributed by atoms with van der Waals surface area (Å²) in [5.74, 6) is 2.09. The number of hydrogen-bond donors (Lipinski definition) is 0. The molecule has 0 saturated heterocycles. The van der Waals surface area contributed by atoms with Crippen molar-refractivity contribution in [1.82, 2.24) is 14.8 Å². The van der Waals surface area contributed by atoms with E-state index >= 15 is 0 Å². The van der Waals surface area contributed by atoms with Crippen molar-refractivity contribution in [3.8, 4) is 0 Å². The fraction of sp³-hybridized carbons (Fsp3) is 0.500. The van der Waals surface area contributed by atoms with Gasteiger partial charge in [-0.15, -0.1) is 10.2 Å². The van der Waals surface area contributed by atoms with Crippen LogP contribution >= 0.6 is 15.9 Å². The van der Waals surface area contributed by atoms with Gasteiger partial charge in [-0.3, -0.25) is 0 Å². The zero-order chi connectivity index (χ0) is 14.6. The summed E-state index contributed by atoms with van der Waals surface area (Å²) in [6, 6.07) is 10.6. The second kappa shape index (κ2) is 6.53. The normalized spacial score (nSPS) is 11.8. The highest BCUT2D eigenvalue weighted by atomic mass is 79.9. The summed E-state index contributed by atoms with van der Waals surface area (Å²) in [7, 11) is 0. The largest absolute Gasteiger partial charge is 0.309 e. The molecule has 0 radical (unpaired) electrons. The molecule has 4 heteroatoms. The first kappa shape index (κ1) is 15.2. The first-order chi connectivity index (χ1) is 9.52. The Bertz CT molecular complexity index is 541. The fourth-order valence-electron chi connectivity index (χ4n) is 2.47. The molecule has 0 bridgehead atoms. The molecular weight excluding hydrogens is 314 g/mol. The Labute approximate surface area is 129 Å². The lowest BCUT2D eigenvalue weighted by Gasteiger charge is -2.24. The van der Waals surface area contributed by atoms with Crippen LogP contribution in [-0.2, 0) is 23.7 Å². The van der Waals surface area contributed by atoms with Crippen LogP contribution in [0.3, 0.4) is 0 Å². The van der Waals surface area contributed by atoms with Crippen LogP contribution in [0.2, 0.25) is 0 Å². The Hall–Kier alpha value is -1.16. The molecule has 0 aliphatic heterocycles. The Morgan fingerprint density at radius 2 is 1.65 bits per heavy atom. The van der Waals surface area contributed by atoms with Crippen LogP contribution in [0.15, 0.2) is 30.3 Å². The molecule has 1 aromatic carbocycles. The van der Waals surface area contributed by atoms with Crippen molar-refractivity contribution in [1.29, 1.82) is 0 Å². The minimum Gasteiger partial charge on any atom is -0.309 e. The maximum atomic E-state index is 4.37. The second-order valence-electron chi connectivity index (χ2n) is 6.01. The number of aryl methyl sites for hydroxylation is 2. The van der Waals surface area contributed by atoms with Gasteiger partial charge in [-0.2, -0.15) is 0 Å². The molecule has 0 spiro atoms. The van der Waals surface area contributed by atoms with E-state index in [4.69, 9.17) is 0 Å². The van der Waals surface area contributed by atoms with Gasteiger partial charge in [-0.1, -0.05) is 46.3 Å². The van der Waals surface area contributed by atoms with Crippen molar-refractivity contribution < 1.29 is 0 Å². The number of halogens is 1. The quantitative estimate of drug-likeness (QED) is 0.770. The Morgan fingerprint density at radius 3 is 2.25 bits per heavy atom. The van der Waals surface area contributed by atoms with Gasteiger partial charge in [0.25, 0.3) is 0 Å². The van der Waals surface area contributed by atoms with Crippen LogP contribution in [0.4, 0.5) is 0 Å². The second-order valence-corrected chi connectivity index (χ2v) is 6.57. The highest BCUT2D eigenvalue weighted by molar-refractivity contribution is 9.08. The van der Waals surface area contributed by atoms with Gasteiger partial charge in [-0.25, -0.2) is 0 Å². The molecule has 2 rings (SSSR count). The summed E-state index contributed by atoms with van der Waals surface area (Å²) in [5.41, 5.74) is 1.41. The molecule has 0 unspecified atom stereocenters. The highest BCUT2D eigenvalue weighted by Gasteiger charge is 2.21. The Kier molecular flexibility index (Phi) is 4.97. The number of nitrogens with zero attached hydrogens (tertiary/aromatic N) is 3. The molecule has 1 aromatic heterocycles. The third kappa shape index (κ3) is 3.69. The average Bonchev–Trinajstić information content (AvgIpc) is 2.83. The van der Waals surface area contributed by atoms with E-state index in [1.807, 2.05) is 0 Å². The maximum Gasteiger partial charge on any atom is 0.144 e. The van der Waals surface area contributed by atoms with Gasteiger partial charge < -0.3 is 4.57 Å². The van der Waals surface area contributed by atoms with Crippen molar-refractivity contribution in [3.05, 3.63) is 47.5 Å². The monoisotopic (exact) mass is 335 g/mol. The molecular formula is C16H22BrN3. The standard InChI is InChI=1S/C16H22BrN3/c1-16(2,3)20-14(18-19-15(20)12-17)11-7-10-13-8-5-4-6-9-13/h4-6,8-9H,7,10-12H2,1-3H3. The van der Waals surface area contributed by atoms with Gasteiger partial charge in [0.2, 0.25) is 0 Å². The molecule has 0 amide bonds. The van der Waals surface area contributed by atoms with Crippen molar-refractivity contribution in [3.63, 3.8) is 0 Å². The van der Waals surface area contributed by atoms with Gasteiger partial charge in [0.15, 0.2) is 0 Å². The fourth-order valence-corrected chi connectivity index (χ4v) is 2.83. The zero-order valence-corrected chi connectivity index (χ0v) is 14.0. The van der Waals surface area contributed by atoms with Gasteiger partial charge >= 0.3 is 0 Å². The predicted octanol–water partition coefficient (Wildman–Crippen LogP) is 4.10. The van der Waals surface area contributed by atoms with Crippen LogP contribution < -0.4 is 0 Å². The number of aromatic nitrogens is 3. The number of alkyl halides is 1. The summed E-state index contributed by atoms with van der Waals surface area (Å²) in [5, 5.41) is 9.41. The molecule has 20 heavy (non-hydrogen) atoms. The van der Waals surface area contributed by atoms with E-state index in [2.05, 4.69) is 81.8 Å². The molecule has 1 heterocycles. The molecule has 0 atom stereocenters. The Morgan fingerprint density at radius 1 is 1.00 bits per heavy atom. The molecule has 3 nitrogen and oxygen atoms in total. The predicted molar refractivity (Wildman–Crippen MR) is 86.1 cm³/mol. The number of benzene rings is 1. The molecule has 0 aliphatic rings. The molecule has 0 fully saturated rings. The topological polar surface area (TPSA) is 30.7 Å². The average molecular weight is 336 g/mol. The maximum absolute atomic E-state index is 4.37. The van der Waals surface area contributed by atoms with E-state index < -0.39 is 0 Å². The van der Waals surface area contributed by atoms with Crippen molar-refractivity contribution >= 4 is 15.9 Å². The first-order valence-corrected chi connectivity index (χ1v) is 8.18. The van der Waals surface area contributed by atoms with Crippen LogP contribution in [0.1, 0.15) is 44.4 Å². The third-order valence-corrected chi connectivity index (χ3v) is 3.80. The van der Waals surface area contributed by atoms with Gasteiger partial charge in [0, 0.05) is 12.0 Å². The van der Waals surface area contributed by atoms with Crippen LogP contribution in [0, 0.1) is 0 Å². The highest BCUT2D eigenvalue weighted by Crippen LogP contribution is 2.21. The molecule has 0 aliphatic carbocycles. The Balaban J connectivity index is 2.05. The smallest absolute Gasteiger partial charge is 0.144 e. The zero-order valence-electron chi connectivity index (χ0n) is 12.4. The minimum atomic E-state index is 0.0225. The molecule has 108 valence electrons. The van der Waals surface area contributed by atoms with E-state index in [9.17, 15) is 0 Å². The van der Waals surface area contributed by atoms with Crippen molar-refractivity contribution in [2.24, 2.45) is 0 Å². The van der Waals surface area contributed by atoms with Crippen LogP contribution in [-0.4, -0.2) is 14.8 Å². The summed E-state index contributed by atoms with van der Waals surface area (Å²) in [6.07, 6.45) is 3.15. The van der Waals surface area contributed by atoms with Crippen LogP contribution in [0.5, 0.6) is 0 Å². The SMILES string of the molecule is CC(C)(C)n1c(CBr)nnc1CCCc1ccccc1. The van der Waals surface area contributed by atoms with E-state index in [0.29, 0.717) is 0 Å². The molecule has 0 N–H and O–H groups in total. The molecule has 0 saturated carbocycles. The third-order valence-electron chi connectivity index (χ3n) is 3.30. The van der Waals surface area contributed by atoms with Crippen molar-refractivity contribution in [2.75, 3.05) is 0 Å². The van der Waals surface area contributed by atoms with E-state index in [0.717, 1.165) is 36.2 Å². The van der Waals surface area contributed by atoms with E-state index in [-0.39, 0.29) is 5.54 Å². The summed E-state index contributed by atoms with van der Waals surface area (Å²) in [4.78, 5) is 0. The summed E-state index contributed by atoms with van der Waals surface area (Å²) >= 11 is 3.50. The number of hydrogen-bond acceptors (Lipinski definition) is 2. The van der Waals surface area contributed by atoms with Gasteiger partial charge in [0.1, 0.15) is 11.6 Å². The van der Waals surface area contributed by atoms with E-state index in [1.165, 1.54) is 5.56 Å². The number of rotatable bonds is 5. The lowest BCUT2D eigenvalue weighted by molar-refractivity contribution is 0.372. The first-order valence-electron chi connectivity index (χ1n) is 7.06.